The molecule has 0 aliphatic rings. The van der Waals surface area contributed by atoms with Gasteiger partial charge in [0, 0.05) is 18.3 Å². The maximum atomic E-state index is 12.8. The van der Waals surface area contributed by atoms with Crippen LogP contribution in [0, 0.1) is 0 Å². The van der Waals surface area contributed by atoms with Crippen LogP contribution < -0.4 is 21.7 Å². The summed E-state index contributed by atoms with van der Waals surface area (Å²) in [6, 6.07) is -3.62. The third-order valence-electron chi connectivity index (χ3n) is 4.11. The second kappa shape index (κ2) is 12.8. The lowest BCUT2D eigenvalue weighted by Gasteiger charge is -2.25. The average Bonchev–Trinajstić information content (AvgIpc) is 3.20. The molecule has 0 radical (unpaired) electrons. The molecule has 30 heavy (non-hydrogen) atoms. The smallest absolute Gasteiger partial charge is 0.328 e. The zero-order valence-corrected chi connectivity index (χ0v) is 17.6. The van der Waals surface area contributed by atoms with Crippen molar-refractivity contribution in [1.82, 2.24) is 25.9 Å². The minimum atomic E-state index is -1.52. The molecule has 1 aromatic rings. The Bertz CT molecular complexity index is 714. The number of aromatic nitrogens is 2. The molecule has 1 heterocycles. The van der Waals surface area contributed by atoms with Crippen LogP contribution in [0.2, 0.25) is 0 Å². The van der Waals surface area contributed by atoms with Crippen molar-refractivity contribution in [3.63, 3.8) is 0 Å². The average molecular weight is 445 g/mol. The molecular formula is C17H28N6O6S. The Balaban J connectivity index is 2.94. The minimum absolute atomic E-state index is 0.0832. The second-order valence-electron chi connectivity index (χ2n) is 6.51. The maximum absolute atomic E-state index is 12.8. The Labute approximate surface area is 177 Å². The van der Waals surface area contributed by atoms with Crippen LogP contribution in [0.4, 0.5) is 0 Å². The second-order valence-corrected chi connectivity index (χ2v) is 7.50. The van der Waals surface area contributed by atoms with E-state index >= 15 is 0 Å². The van der Waals surface area contributed by atoms with Gasteiger partial charge in [0.25, 0.3) is 0 Å². The summed E-state index contributed by atoms with van der Waals surface area (Å²) in [5.41, 5.74) is 5.89. The molecule has 0 saturated heterocycles. The van der Waals surface area contributed by atoms with E-state index in [1.807, 2.05) is 6.26 Å². The fourth-order valence-electron chi connectivity index (χ4n) is 2.50. The number of rotatable bonds is 13. The number of carboxylic acid groups (broad SMARTS) is 1. The molecule has 0 spiro atoms. The standard InChI is InChI=1S/C17H28N6O6S/c1-9(24)14(17(28)29)23-15(26)11(3-4-30-2)22-16(27)12(21-13(25)6-18)5-10-7-19-8-20-10/h7-9,11-12,14,24H,3-6,18H2,1-2H3,(H,19,20)(H,21,25)(H,22,27)(H,23,26)(H,28,29). The van der Waals surface area contributed by atoms with Crippen molar-refractivity contribution in [2.45, 2.75) is 44.0 Å². The molecule has 12 nitrogen and oxygen atoms in total. The number of nitrogens with zero attached hydrogens (tertiary/aromatic N) is 1. The number of hydrogen-bond acceptors (Lipinski definition) is 8. The summed E-state index contributed by atoms with van der Waals surface area (Å²) >= 11 is 1.44. The lowest BCUT2D eigenvalue weighted by molar-refractivity contribution is -0.145. The van der Waals surface area contributed by atoms with Crippen molar-refractivity contribution < 1.29 is 29.4 Å². The van der Waals surface area contributed by atoms with E-state index in [-0.39, 0.29) is 19.4 Å². The number of carbonyl (C=O) groups is 4. The van der Waals surface area contributed by atoms with Crippen molar-refractivity contribution in [2.24, 2.45) is 5.73 Å². The van der Waals surface area contributed by atoms with Gasteiger partial charge in [-0.3, -0.25) is 14.4 Å². The number of nitrogens with one attached hydrogen (secondary N) is 4. The number of aliphatic carboxylic acids is 1. The molecule has 3 amide bonds. The van der Waals surface area contributed by atoms with E-state index in [0.29, 0.717) is 11.4 Å². The molecule has 168 valence electrons. The van der Waals surface area contributed by atoms with Gasteiger partial charge in [0.1, 0.15) is 12.1 Å². The van der Waals surface area contributed by atoms with E-state index < -0.39 is 47.9 Å². The fourth-order valence-corrected chi connectivity index (χ4v) is 2.97. The number of aromatic amines is 1. The molecule has 0 saturated carbocycles. The van der Waals surface area contributed by atoms with Gasteiger partial charge in [0.2, 0.25) is 17.7 Å². The number of amides is 3. The Morgan fingerprint density at radius 3 is 2.37 bits per heavy atom. The topological polar surface area (TPSA) is 200 Å². The van der Waals surface area contributed by atoms with Gasteiger partial charge >= 0.3 is 5.97 Å². The number of aliphatic hydroxyl groups is 1. The van der Waals surface area contributed by atoms with Crippen molar-refractivity contribution >= 4 is 35.5 Å². The number of hydrogen-bond donors (Lipinski definition) is 7. The number of carboxylic acids is 1. The number of aliphatic hydroxyl groups excluding tert-OH is 1. The van der Waals surface area contributed by atoms with Gasteiger partial charge in [-0.25, -0.2) is 9.78 Å². The van der Waals surface area contributed by atoms with Crippen LogP contribution in [0.5, 0.6) is 0 Å². The summed E-state index contributed by atoms with van der Waals surface area (Å²) in [4.78, 5) is 55.0. The highest BCUT2D eigenvalue weighted by molar-refractivity contribution is 7.98. The van der Waals surface area contributed by atoms with Crippen molar-refractivity contribution in [3.8, 4) is 0 Å². The Kier molecular flexibility index (Phi) is 10.9. The van der Waals surface area contributed by atoms with Gasteiger partial charge in [-0.05, 0) is 25.4 Å². The van der Waals surface area contributed by atoms with Crippen LogP contribution in [0.1, 0.15) is 19.0 Å². The van der Waals surface area contributed by atoms with Gasteiger partial charge in [0.05, 0.1) is 19.0 Å². The molecule has 4 unspecified atom stereocenters. The quantitative estimate of drug-likeness (QED) is 0.173. The van der Waals surface area contributed by atoms with E-state index in [0.717, 1.165) is 0 Å². The molecule has 0 bridgehead atoms. The largest absolute Gasteiger partial charge is 0.480 e. The number of carbonyl (C=O) groups excluding carboxylic acids is 3. The predicted molar refractivity (Wildman–Crippen MR) is 109 cm³/mol. The summed E-state index contributed by atoms with van der Waals surface area (Å²) in [7, 11) is 0. The van der Waals surface area contributed by atoms with Gasteiger partial charge < -0.3 is 36.9 Å². The first-order chi connectivity index (χ1) is 14.2. The normalized spacial score (nSPS) is 14.8. The molecule has 0 aliphatic carbocycles. The van der Waals surface area contributed by atoms with E-state index in [1.165, 1.54) is 31.2 Å². The van der Waals surface area contributed by atoms with Crippen LogP contribution in [-0.2, 0) is 25.6 Å². The summed E-state index contributed by atoms with van der Waals surface area (Å²) in [5, 5.41) is 26.0. The summed E-state index contributed by atoms with van der Waals surface area (Å²) in [6.07, 6.45) is 3.70. The minimum Gasteiger partial charge on any atom is -0.480 e. The molecule has 4 atom stereocenters. The van der Waals surface area contributed by atoms with Crippen LogP contribution in [0.25, 0.3) is 0 Å². The summed E-state index contributed by atoms with van der Waals surface area (Å²) < 4.78 is 0. The monoisotopic (exact) mass is 444 g/mol. The van der Waals surface area contributed by atoms with Gasteiger partial charge in [-0.1, -0.05) is 0 Å². The molecule has 8 N–H and O–H groups in total. The first-order valence-electron chi connectivity index (χ1n) is 9.16. The summed E-state index contributed by atoms with van der Waals surface area (Å²) in [6.45, 7) is 0.912. The lowest BCUT2D eigenvalue weighted by atomic mass is 10.1. The number of nitrogens with two attached hydrogens (primary N) is 1. The Morgan fingerprint density at radius 2 is 1.87 bits per heavy atom. The van der Waals surface area contributed by atoms with Crippen LogP contribution in [0.15, 0.2) is 12.5 Å². The first-order valence-corrected chi connectivity index (χ1v) is 10.6. The molecule has 1 rings (SSSR count). The third-order valence-corrected chi connectivity index (χ3v) is 4.75. The fraction of sp³-hybridized carbons (Fsp3) is 0.588. The SMILES string of the molecule is CSCCC(NC(=O)C(Cc1cnc[nH]1)NC(=O)CN)C(=O)NC(C(=O)O)C(C)O. The van der Waals surface area contributed by atoms with Gasteiger partial charge in [0.15, 0.2) is 6.04 Å². The van der Waals surface area contributed by atoms with Crippen LogP contribution in [-0.4, -0.2) is 86.7 Å². The van der Waals surface area contributed by atoms with Gasteiger partial charge in [-0.2, -0.15) is 11.8 Å². The molecule has 0 fully saturated rings. The third kappa shape index (κ3) is 8.39. The first kappa shape index (κ1) is 25.4. The van der Waals surface area contributed by atoms with Gasteiger partial charge in [-0.15, -0.1) is 0 Å². The number of imidazole rings is 1. The van der Waals surface area contributed by atoms with E-state index in [4.69, 9.17) is 10.8 Å². The highest BCUT2D eigenvalue weighted by Gasteiger charge is 2.31. The molecule has 0 aromatic carbocycles. The molecular weight excluding hydrogens is 416 g/mol. The zero-order valence-electron chi connectivity index (χ0n) is 16.8. The molecule has 0 aliphatic heterocycles. The maximum Gasteiger partial charge on any atom is 0.328 e. The number of thioether (sulfide) groups is 1. The number of H-pyrrole nitrogens is 1. The molecule has 13 heteroatoms. The van der Waals surface area contributed by atoms with Crippen molar-refractivity contribution in [1.29, 1.82) is 0 Å². The zero-order chi connectivity index (χ0) is 22.7. The van der Waals surface area contributed by atoms with Crippen molar-refractivity contribution in [3.05, 3.63) is 18.2 Å². The molecule has 1 aromatic heterocycles. The Hall–Kier alpha value is -2.64. The van der Waals surface area contributed by atoms with Crippen LogP contribution >= 0.6 is 11.8 Å². The summed E-state index contributed by atoms with van der Waals surface area (Å²) in [5.74, 6) is -2.85. The Morgan fingerprint density at radius 1 is 1.20 bits per heavy atom. The van der Waals surface area contributed by atoms with E-state index in [1.54, 1.807) is 0 Å². The highest BCUT2D eigenvalue weighted by atomic mass is 32.2. The van der Waals surface area contributed by atoms with E-state index in [9.17, 15) is 24.3 Å². The predicted octanol–water partition coefficient (Wildman–Crippen LogP) is -2.42. The lowest BCUT2D eigenvalue weighted by Crippen LogP contribution is -2.58. The van der Waals surface area contributed by atoms with Crippen LogP contribution in [0.3, 0.4) is 0 Å². The van der Waals surface area contributed by atoms with E-state index in [2.05, 4.69) is 25.9 Å². The highest BCUT2D eigenvalue weighted by Crippen LogP contribution is 2.05. The van der Waals surface area contributed by atoms with Crippen molar-refractivity contribution in [2.75, 3.05) is 18.6 Å².